The van der Waals surface area contributed by atoms with Gasteiger partial charge in [0.15, 0.2) is 17.7 Å². The number of aliphatic hydroxyl groups excluding tert-OH is 3. The van der Waals surface area contributed by atoms with Crippen molar-refractivity contribution in [3.05, 3.63) is 53.6 Å². The molecule has 1 saturated heterocycles. The van der Waals surface area contributed by atoms with E-state index in [9.17, 15) is 15.3 Å². The Bertz CT molecular complexity index is 1240. The molecule has 2 aliphatic rings. The van der Waals surface area contributed by atoms with Crippen LogP contribution >= 0.6 is 0 Å². The quantitative estimate of drug-likeness (QED) is 0.438. The predicted molar refractivity (Wildman–Crippen MR) is 112 cm³/mol. The molecular weight excluding hydrogens is 398 g/mol. The summed E-state index contributed by atoms with van der Waals surface area (Å²) in [6, 6.07) is 8.15. The van der Waals surface area contributed by atoms with Crippen molar-refractivity contribution >= 4 is 22.6 Å². The zero-order valence-electron chi connectivity index (χ0n) is 16.5. The number of nitrogens with two attached hydrogens (primary N) is 1. The van der Waals surface area contributed by atoms with Gasteiger partial charge in [0.1, 0.15) is 23.8 Å². The summed E-state index contributed by atoms with van der Waals surface area (Å²) in [6.45, 7) is -0.425. The molecule has 1 fully saturated rings. The molecular formula is C22H21N5O4. The number of hydrogen-bond donors (Lipinski definition) is 4. The second-order valence-corrected chi connectivity index (χ2v) is 7.55. The van der Waals surface area contributed by atoms with Gasteiger partial charge in [0.05, 0.1) is 12.9 Å². The van der Waals surface area contributed by atoms with E-state index in [2.05, 4.69) is 38.9 Å². The van der Waals surface area contributed by atoms with Crippen molar-refractivity contribution in [2.75, 3.05) is 12.3 Å². The summed E-state index contributed by atoms with van der Waals surface area (Å²) in [5.74, 6) is 6.49. The van der Waals surface area contributed by atoms with E-state index in [0.29, 0.717) is 11.2 Å². The average Bonchev–Trinajstić information content (AvgIpc) is 3.33. The highest BCUT2D eigenvalue weighted by atomic mass is 16.6. The molecule has 0 bridgehead atoms. The number of allylic oxidation sites excluding steroid dienone is 2. The Morgan fingerprint density at radius 1 is 1.16 bits per heavy atom. The first-order chi connectivity index (χ1) is 15.1. The second-order valence-electron chi connectivity index (χ2n) is 7.55. The van der Waals surface area contributed by atoms with Crippen molar-refractivity contribution < 1.29 is 20.1 Å². The number of anilines is 1. The molecule has 158 valence electrons. The molecule has 1 aliphatic heterocycles. The fraction of sp³-hybridized carbons (Fsp3) is 0.318. The molecule has 5 N–H and O–H groups in total. The Kier molecular flexibility index (Phi) is 4.92. The van der Waals surface area contributed by atoms with E-state index in [1.165, 1.54) is 16.5 Å². The van der Waals surface area contributed by atoms with Crippen LogP contribution in [-0.4, -0.2) is 59.8 Å². The molecule has 9 heteroatoms. The van der Waals surface area contributed by atoms with E-state index >= 15 is 0 Å². The van der Waals surface area contributed by atoms with Gasteiger partial charge in [-0.2, -0.15) is 0 Å². The summed E-state index contributed by atoms with van der Waals surface area (Å²) < 4.78 is 7.06. The smallest absolute Gasteiger partial charge is 0.209 e. The minimum atomic E-state index is -1.26. The van der Waals surface area contributed by atoms with Gasteiger partial charge >= 0.3 is 0 Å². The molecule has 1 aliphatic carbocycles. The first kappa shape index (κ1) is 19.7. The zero-order chi connectivity index (χ0) is 21.5. The van der Waals surface area contributed by atoms with Gasteiger partial charge in [-0.25, -0.2) is 15.0 Å². The van der Waals surface area contributed by atoms with Crippen molar-refractivity contribution in [3.63, 3.8) is 0 Å². The number of hydrogen-bond acceptors (Lipinski definition) is 8. The lowest BCUT2D eigenvalue weighted by Gasteiger charge is -2.16. The topological polar surface area (TPSA) is 140 Å². The molecule has 0 saturated carbocycles. The fourth-order valence-electron chi connectivity index (χ4n) is 4.01. The van der Waals surface area contributed by atoms with Crippen LogP contribution in [0, 0.1) is 11.8 Å². The van der Waals surface area contributed by atoms with Crippen molar-refractivity contribution in [1.82, 2.24) is 19.5 Å². The number of nitrogen functional groups attached to an aromatic ring is 1. The lowest BCUT2D eigenvalue weighted by Crippen LogP contribution is -2.33. The van der Waals surface area contributed by atoms with Gasteiger partial charge in [0, 0.05) is 5.57 Å². The van der Waals surface area contributed by atoms with Crippen LogP contribution in [0.1, 0.15) is 29.6 Å². The highest BCUT2D eigenvalue weighted by molar-refractivity contribution is 5.84. The molecule has 0 unspecified atom stereocenters. The lowest BCUT2D eigenvalue weighted by molar-refractivity contribution is -0.0511. The molecule has 4 atom stereocenters. The molecule has 3 aromatic rings. The highest BCUT2D eigenvalue weighted by Crippen LogP contribution is 2.32. The van der Waals surface area contributed by atoms with Crippen LogP contribution in [0.15, 0.2) is 36.7 Å². The van der Waals surface area contributed by atoms with Crippen LogP contribution in [0.4, 0.5) is 5.82 Å². The van der Waals surface area contributed by atoms with E-state index in [1.54, 1.807) is 0 Å². The van der Waals surface area contributed by atoms with E-state index in [0.717, 1.165) is 24.0 Å². The van der Waals surface area contributed by atoms with Gasteiger partial charge in [-0.1, -0.05) is 36.3 Å². The highest BCUT2D eigenvalue weighted by Gasteiger charge is 2.44. The maximum Gasteiger partial charge on any atom is 0.209 e. The van der Waals surface area contributed by atoms with E-state index in [1.807, 2.05) is 18.2 Å². The number of imidazole rings is 1. The number of rotatable bonds is 2. The van der Waals surface area contributed by atoms with Crippen molar-refractivity contribution in [1.29, 1.82) is 0 Å². The Hall–Kier alpha value is -3.29. The molecule has 31 heavy (non-hydrogen) atoms. The molecule has 9 nitrogen and oxygen atoms in total. The van der Waals surface area contributed by atoms with E-state index in [4.69, 9.17) is 10.5 Å². The minimum Gasteiger partial charge on any atom is -0.394 e. The van der Waals surface area contributed by atoms with E-state index in [-0.39, 0.29) is 11.6 Å². The molecule has 2 aromatic heterocycles. The Morgan fingerprint density at radius 2 is 2.00 bits per heavy atom. The van der Waals surface area contributed by atoms with Crippen LogP contribution in [-0.2, 0) is 11.2 Å². The van der Waals surface area contributed by atoms with Crippen LogP contribution in [0.3, 0.4) is 0 Å². The van der Waals surface area contributed by atoms with Crippen LogP contribution in [0.25, 0.3) is 16.7 Å². The Morgan fingerprint density at radius 3 is 2.81 bits per heavy atom. The van der Waals surface area contributed by atoms with Crippen LogP contribution in [0.2, 0.25) is 0 Å². The molecule has 0 spiro atoms. The molecule has 0 amide bonds. The number of aryl methyl sites for hydroxylation is 1. The minimum absolute atomic E-state index is 0.151. The van der Waals surface area contributed by atoms with Gasteiger partial charge in [-0.3, -0.25) is 4.57 Å². The summed E-state index contributed by atoms with van der Waals surface area (Å²) >= 11 is 0. The summed E-state index contributed by atoms with van der Waals surface area (Å²) in [6.07, 6.45) is 1.04. The standard InChI is InChI=1S/C22H21N5O4/c23-20-17-21(27(11-24-17)22-19(30)18(29)15(10-28)31-22)26-16(25-20)9-8-13-6-3-5-12-4-1-2-7-14(12)13/h1-2,4,6-7,11,15,18-19,22,28-30H,3,5,10H2,(H2,23,25,26)/t15-,18-,19-,22-/m1/s1. The first-order valence-electron chi connectivity index (χ1n) is 10.00. The van der Waals surface area contributed by atoms with Gasteiger partial charge in [-0.15, -0.1) is 0 Å². The van der Waals surface area contributed by atoms with Crippen molar-refractivity contribution in [3.8, 4) is 11.8 Å². The molecule has 3 heterocycles. The number of ether oxygens (including phenoxy) is 1. The van der Waals surface area contributed by atoms with Crippen molar-refractivity contribution in [2.45, 2.75) is 37.4 Å². The van der Waals surface area contributed by atoms with Gasteiger partial charge in [0.25, 0.3) is 0 Å². The number of benzene rings is 1. The zero-order valence-corrected chi connectivity index (χ0v) is 16.5. The first-order valence-corrected chi connectivity index (χ1v) is 10.00. The van der Waals surface area contributed by atoms with Crippen LogP contribution in [0.5, 0.6) is 0 Å². The van der Waals surface area contributed by atoms with Crippen molar-refractivity contribution in [2.24, 2.45) is 0 Å². The lowest BCUT2D eigenvalue weighted by atomic mass is 9.91. The molecule has 0 radical (unpaired) electrons. The van der Waals surface area contributed by atoms with Gasteiger partial charge in [0.2, 0.25) is 5.82 Å². The summed E-state index contributed by atoms with van der Waals surface area (Å²) in [4.78, 5) is 12.9. The normalized spacial score (nSPS) is 25.1. The van der Waals surface area contributed by atoms with E-state index < -0.39 is 31.1 Å². The predicted octanol–water partition coefficient (Wildman–Crippen LogP) is 0.401. The number of aliphatic hydroxyl groups is 3. The SMILES string of the molecule is Nc1nc(C#CC2=CCCc3ccccc32)nc2c1ncn2[C@@H]1O[C@H](CO)[C@@H](O)[C@H]1O. The Labute approximate surface area is 177 Å². The number of fused-ring (bicyclic) bond motifs is 2. The van der Waals surface area contributed by atoms with Gasteiger partial charge in [-0.05, 0) is 29.9 Å². The third-order valence-electron chi connectivity index (χ3n) is 5.62. The molecule has 1 aromatic carbocycles. The molecule has 5 rings (SSSR count). The number of nitrogens with zero attached hydrogens (tertiary/aromatic N) is 4. The third-order valence-corrected chi connectivity index (χ3v) is 5.62. The van der Waals surface area contributed by atoms with Crippen LogP contribution < -0.4 is 5.73 Å². The Balaban J connectivity index is 1.52. The van der Waals surface area contributed by atoms with Gasteiger partial charge < -0.3 is 25.8 Å². The summed E-state index contributed by atoms with van der Waals surface area (Å²) in [5, 5.41) is 29.8. The fourth-order valence-corrected chi connectivity index (χ4v) is 4.01. The maximum absolute atomic E-state index is 10.4. The largest absolute Gasteiger partial charge is 0.394 e. The summed E-state index contributed by atoms with van der Waals surface area (Å²) in [5.41, 5.74) is 10.0. The second kappa shape index (κ2) is 7.76. The summed E-state index contributed by atoms with van der Waals surface area (Å²) in [7, 11) is 0. The third kappa shape index (κ3) is 3.36. The monoisotopic (exact) mass is 419 g/mol. The maximum atomic E-state index is 10.4. The number of aromatic nitrogens is 4. The average molecular weight is 419 g/mol.